The van der Waals surface area contributed by atoms with Crippen molar-refractivity contribution in [3.8, 4) is 0 Å². The van der Waals surface area contributed by atoms with Crippen molar-refractivity contribution in [3.63, 3.8) is 0 Å². The molecule has 2 aliphatic heterocycles. The summed E-state index contributed by atoms with van der Waals surface area (Å²) >= 11 is 0. The predicted molar refractivity (Wildman–Crippen MR) is 85.3 cm³/mol. The molecular weight excluding hydrogens is 312 g/mol. The third-order valence-corrected chi connectivity index (χ3v) is 4.37. The van der Waals surface area contributed by atoms with E-state index in [0.29, 0.717) is 18.7 Å². The summed E-state index contributed by atoms with van der Waals surface area (Å²) in [4.78, 5) is 26.9. The molecule has 7 nitrogen and oxygen atoms in total. The average Bonchev–Trinajstić information content (AvgIpc) is 3.20. The number of hydrogen-bond acceptors (Lipinski definition) is 5. The Kier molecular flexibility index (Phi) is 4.64. The summed E-state index contributed by atoms with van der Waals surface area (Å²) in [5, 5.41) is 2.90. The van der Waals surface area contributed by atoms with Crippen LogP contribution in [0.15, 0.2) is 23.0 Å². The molecule has 2 aliphatic rings. The summed E-state index contributed by atoms with van der Waals surface area (Å²) in [5.41, 5.74) is 0.417. The van der Waals surface area contributed by atoms with E-state index in [1.54, 1.807) is 6.07 Å². The lowest BCUT2D eigenvalue weighted by atomic mass is 10.1. The van der Waals surface area contributed by atoms with E-state index in [0.717, 1.165) is 12.8 Å². The Labute approximate surface area is 141 Å². The second-order valence-electron chi connectivity index (χ2n) is 6.70. The monoisotopic (exact) mass is 336 g/mol. The van der Waals surface area contributed by atoms with Crippen LogP contribution in [0.25, 0.3) is 0 Å². The number of carbonyl (C=O) groups excluding carboxylic acids is 2. The predicted octanol–water partition coefficient (Wildman–Crippen LogP) is 1.54. The molecule has 7 heteroatoms. The van der Waals surface area contributed by atoms with Crippen molar-refractivity contribution in [2.45, 2.75) is 57.6 Å². The highest BCUT2D eigenvalue weighted by Crippen LogP contribution is 2.37. The number of rotatable bonds is 5. The average molecular weight is 336 g/mol. The first kappa shape index (κ1) is 17.0. The Morgan fingerprint density at radius 3 is 2.83 bits per heavy atom. The van der Waals surface area contributed by atoms with Crippen LogP contribution in [0.2, 0.25) is 0 Å². The molecule has 2 saturated heterocycles. The number of likely N-dealkylation sites (tertiary alicyclic amines) is 1. The lowest BCUT2D eigenvalue weighted by Crippen LogP contribution is -2.51. The van der Waals surface area contributed by atoms with Gasteiger partial charge in [-0.15, -0.1) is 0 Å². The highest BCUT2D eigenvalue weighted by molar-refractivity contribution is 5.98. The minimum Gasteiger partial charge on any atom is -0.472 e. The molecule has 3 atom stereocenters. The zero-order chi connectivity index (χ0) is 17.3. The smallest absolute Gasteiger partial charge is 0.257 e. The molecule has 0 saturated carbocycles. The van der Waals surface area contributed by atoms with Gasteiger partial charge in [0.2, 0.25) is 5.91 Å². The summed E-state index contributed by atoms with van der Waals surface area (Å²) in [5.74, 6) is -1.20. The molecule has 24 heavy (non-hydrogen) atoms. The number of furan rings is 1. The van der Waals surface area contributed by atoms with Gasteiger partial charge < -0.3 is 24.1 Å². The fourth-order valence-electron chi connectivity index (χ4n) is 3.30. The topological polar surface area (TPSA) is 81.0 Å². The second kappa shape index (κ2) is 6.57. The van der Waals surface area contributed by atoms with Crippen molar-refractivity contribution < 1.29 is 23.5 Å². The summed E-state index contributed by atoms with van der Waals surface area (Å²) in [6.07, 6.45) is 3.94. The molecule has 0 aliphatic carbocycles. The molecule has 0 unspecified atom stereocenters. The number of nitrogens with zero attached hydrogens (tertiary/aromatic N) is 1. The van der Waals surface area contributed by atoms with E-state index in [-0.39, 0.29) is 17.9 Å². The number of unbranched alkanes of at least 4 members (excludes halogenated alkanes) is 1. The molecule has 132 valence electrons. The van der Waals surface area contributed by atoms with Crippen molar-refractivity contribution in [2.75, 3.05) is 13.1 Å². The standard InChI is InChI=1S/C17H24N2O5/c1-4-5-7-18-15(20)13-14-12(23-17(2,3)24-14)9-19(13)16(21)11-6-8-22-10-11/h6,8,10,12-14H,4-5,7,9H2,1-3H3,(H,18,20)/t12-,13-,14-/m0/s1. The minimum absolute atomic E-state index is 0.200. The lowest BCUT2D eigenvalue weighted by Gasteiger charge is -2.28. The molecule has 3 heterocycles. The van der Waals surface area contributed by atoms with Crippen molar-refractivity contribution in [2.24, 2.45) is 0 Å². The highest BCUT2D eigenvalue weighted by Gasteiger charge is 2.56. The summed E-state index contributed by atoms with van der Waals surface area (Å²) in [6.45, 7) is 6.60. The van der Waals surface area contributed by atoms with E-state index in [1.165, 1.54) is 17.4 Å². The molecule has 2 amide bonds. The van der Waals surface area contributed by atoms with Crippen LogP contribution in [0, 0.1) is 0 Å². The fraction of sp³-hybridized carbons (Fsp3) is 0.647. The Hall–Kier alpha value is -1.86. The van der Waals surface area contributed by atoms with Gasteiger partial charge in [-0.25, -0.2) is 0 Å². The van der Waals surface area contributed by atoms with E-state index < -0.39 is 17.9 Å². The van der Waals surface area contributed by atoms with Crippen molar-refractivity contribution in [1.82, 2.24) is 10.2 Å². The summed E-state index contributed by atoms with van der Waals surface area (Å²) in [7, 11) is 0. The molecule has 3 rings (SSSR count). The number of hydrogen-bond donors (Lipinski definition) is 1. The van der Waals surface area contributed by atoms with Crippen LogP contribution in [-0.2, 0) is 14.3 Å². The van der Waals surface area contributed by atoms with Gasteiger partial charge in [0.05, 0.1) is 18.4 Å². The van der Waals surface area contributed by atoms with E-state index in [1.807, 2.05) is 13.8 Å². The van der Waals surface area contributed by atoms with Gasteiger partial charge in [0.25, 0.3) is 5.91 Å². The molecule has 1 aromatic heterocycles. The van der Waals surface area contributed by atoms with Crippen LogP contribution < -0.4 is 5.32 Å². The van der Waals surface area contributed by atoms with E-state index in [9.17, 15) is 9.59 Å². The number of amides is 2. The van der Waals surface area contributed by atoms with Crippen LogP contribution in [0.3, 0.4) is 0 Å². The van der Waals surface area contributed by atoms with E-state index in [4.69, 9.17) is 13.9 Å². The lowest BCUT2D eigenvalue weighted by molar-refractivity contribution is -0.162. The van der Waals surface area contributed by atoms with Crippen molar-refractivity contribution in [3.05, 3.63) is 24.2 Å². The number of nitrogens with one attached hydrogen (secondary N) is 1. The van der Waals surface area contributed by atoms with E-state index >= 15 is 0 Å². The van der Waals surface area contributed by atoms with Crippen LogP contribution in [-0.4, -0.2) is 53.8 Å². The van der Waals surface area contributed by atoms with Crippen molar-refractivity contribution >= 4 is 11.8 Å². The first-order valence-corrected chi connectivity index (χ1v) is 8.39. The maximum Gasteiger partial charge on any atom is 0.257 e. The Morgan fingerprint density at radius 1 is 1.38 bits per heavy atom. The maximum absolute atomic E-state index is 12.7. The Balaban J connectivity index is 1.80. The third-order valence-electron chi connectivity index (χ3n) is 4.37. The third kappa shape index (κ3) is 3.18. The van der Waals surface area contributed by atoms with Gasteiger partial charge in [-0.2, -0.15) is 0 Å². The second-order valence-corrected chi connectivity index (χ2v) is 6.70. The molecule has 0 radical (unpaired) electrons. The number of fused-ring (bicyclic) bond motifs is 1. The molecule has 0 spiro atoms. The SMILES string of the molecule is CCCCNC(=O)[C@@H]1[C@H]2OC(C)(C)O[C@H]2CN1C(=O)c1ccoc1. The van der Waals surface area contributed by atoms with Gasteiger partial charge in [-0.3, -0.25) is 9.59 Å². The largest absolute Gasteiger partial charge is 0.472 e. The van der Waals surface area contributed by atoms with Crippen LogP contribution in [0.5, 0.6) is 0 Å². The zero-order valence-electron chi connectivity index (χ0n) is 14.3. The molecular formula is C17H24N2O5. The maximum atomic E-state index is 12.7. The number of carbonyl (C=O) groups is 2. The highest BCUT2D eigenvalue weighted by atomic mass is 16.8. The molecule has 1 aromatic rings. The summed E-state index contributed by atoms with van der Waals surface area (Å²) < 4.78 is 16.8. The van der Waals surface area contributed by atoms with Crippen LogP contribution >= 0.6 is 0 Å². The molecule has 1 N–H and O–H groups in total. The van der Waals surface area contributed by atoms with Crippen LogP contribution in [0.1, 0.15) is 44.0 Å². The zero-order valence-corrected chi connectivity index (χ0v) is 14.3. The molecule has 2 fully saturated rings. The summed E-state index contributed by atoms with van der Waals surface area (Å²) in [6, 6.07) is 0.893. The first-order chi connectivity index (χ1) is 11.4. The van der Waals surface area contributed by atoms with E-state index in [2.05, 4.69) is 12.2 Å². The normalized spacial score (nSPS) is 28.0. The Bertz CT molecular complexity index is 598. The fourth-order valence-corrected chi connectivity index (χ4v) is 3.30. The first-order valence-electron chi connectivity index (χ1n) is 8.39. The van der Waals surface area contributed by atoms with Gasteiger partial charge >= 0.3 is 0 Å². The van der Waals surface area contributed by atoms with Gasteiger partial charge in [-0.05, 0) is 26.3 Å². The van der Waals surface area contributed by atoms with Gasteiger partial charge in [0.1, 0.15) is 24.5 Å². The van der Waals surface area contributed by atoms with Gasteiger partial charge in [0.15, 0.2) is 5.79 Å². The molecule has 0 aromatic carbocycles. The van der Waals surface area contributed by atoms with Gasteiger partial charge in [-0.1, -0.05) is 13.3 Å². The molecule has 0 bridgehead atoms. The van der Waals surface area contributed by atoms with Crippen LogP contribution in [0.4, 0.5) is 0 Å². The van der Waals surface area contributed by atoms with Crippen molar-refractivity contribution in [1.29, 1.82) is 0 Å². The Morgan fingerprint density at radius 2 is 2.17 bits per heavy atom. The minimum atomic E-state index is -0.748. The number of ether oxygens (including phenoxy) is 2. The van der Waals surface area contributed by atoms with Gasteiger partial charge in [0, 0.05) is 6.54 Å². The quantitative estimate of drug-likeness (QED) is 0.825.